The maximum absolute atomic E-state index is 13.2. The Morgan fingerprint density at radius 2 is 1.27 bits per heavy atom. The van der Waals surface area contributed by atoms with Crippen molar-refractivity contribution in [1.82, 2.24) is 0 Å². The molecule has 7 N–H and O–H groups in total. The van der Waals surface area contributed by atoms with Gasteiger partial charge in [-0.1, -0.05) is 42.5 Å². The first-order valence-corrected chi connectivity index (χ1v) is 15.2. The van der Waals surface area contributed by atoms with Gasteiger partial charge in [0.05, 0.1) is 6.10 Å². The quantitative estimate of drug-likeness (QED) is 0.0746. The minimum atomic E-state index is -1.72. The minimum Gasteiger partial charge on any atom is -0.504 e. The molecule has 2 aromatic heterocycles. The summed E-state index contributed by atoms with van der Waals surface area (Å²) in [4.78, 5) is 38.8. The van der Waals surface area contributed by atoms with Crippen molar-refractivity contribution in [3.8, 4) is 62.9 Å². The molecule has 0 radical (unpaired) electrons. The van der Waals surface area contributed by atoms with Gasteiger partial charge >= 0.3 is 5.97 Å². The van der Waals surface area contributed by atoms with Gasteiger partial charge in [0.25, 0.3) is 0 Å². The summed E-state index contributed by atoms with van der Waals surface area (Å²) in [6.45, 7) is 0. The molecule has 1 aliphatic heterocycles. The standard InChI is InChI=1S/C36H26O15/c37-18-11-23(15-5-2-1-3-6-15)48-26-14-27(31(43)33(45)29(18)26)50-36-22(41)10-21(40)34(51-36)35(46)47-17-8-4-7-16(9-17)24-12-19(38)28-25(49-24)13-20(39)30(42)32(28)44/h1-9,11-14,21-22,34,36,39-45H,10H2/t21-,22+,34-,36+/m0/s1. The van der Waals surface area contributed by atoms with E-state index in [0.717, 1.165) is 24.3 Å². The van der Waals surface area contributed by atoms with Crippen LogP contribution in [-0.2, 0) is 9.53 Å². The number of benzene rings is 4. The number of hydrogen-bond donors (Lipinski definition) is 7. The second-order valence-corrected chi connectivity index (χ2v) is 11.6. The highest BCUT2D eigenvalue weighted by molar-refractivity contribution is 5.90. The van der Waals surface area contributed by atoms with E-state index in [9.17, 15) is 50.1 Å². The predicted molar refractivity (Wildman–Crippen MR) is 176 cm³/mol. The maximum atomic E-state index is 13.2. The number of carbonyl (C=O) groups is 1. The fourth-order valence-electron chi connectivity index (χ4n) is 5.66. The van der Waals surface area contributed by atoms with Crippen molar-refractivity contribution in [2.45, 2.75) is 31.0 Å². The van der Waals surface area contributed by atoms with Crippen molar-refractivity contribution in [3.63, 3.8) is 0 Å². The zero-order valence-corrected chi connectivity index (χ0v) is 25.9. The van der Waals surface area contributed by atoms with Gasteiger partial charge < -0.3 is 58.8 Å². The molecule has 7 rings (SSSR count). The smallest absolute Gasteiger partial charge is 0.343 e. The Kier molecular flexibility index (Phi) is 8.22. The fraction of sp³-hybridized carbons (Fsp3) is 0.139. The average molecular weight is 699 g/mol. The van der Waals surface area contributed by atoms with Crippen molar-refractivity contribution < 1.29 is 63.6 Å². The number of carbonyl (C=O) groups excluding carboxylic acids is 1. The number of phenols is 5. The largest absolute Gasteiger partial charge is 0.504 e. The number of aliphatic hydroxyl groups excluding tert-OH is 2. The molecule has 1 fully saturated rings. The first kappa shape index (κ1) is 33.0. The van der Waals surface area contributed by atoms with E-state index in [1.165, 1.54) is 24.3 Å². The summed E-state index contributed by atoms with van der Waals surface area (Å²) in [5, 5.41) is 71.6. The lowest BCUT2D eigenvalue weighted by Gasteiger charge is -2.35. The Labute approximate surface area is 284 Å². The fourth-order valence-corrected chi connectivity index (χ4v) is 5.66. The summed E-state index contributed by atoms with van der Waals surface area (Å²) < 4.78 is 28.1. The summed E-state index contributed by atoms with van der Waals surface area (Å²) in [5.74, 6) is -5.76. The Balaban J connectivity index is 1.13. The molecule has 0 saturated carbocycles. The third-order valence-electron chi connectivity index (χ3n) is 8.18. The van der Waals surface area contributed by atoms with E-state index < -0.39 is 82.3 Å². The monoisotopic (exact) mass is 698 g/mol. The van der Waals surface area contributed by atoms with Crippen LogP contribution in [0.4, 0.5) is 0 Å². The molecule has 51 heavy (non-hydrogen) atoms. The molecule has 0 amide bonds. The topological polar surface area (TPSA) is 247 Å². The van der Waals surface area contributed by atoms with E-state index in [1.807, 2.05) is 0 Å². The molecule has 4 atom stereocenters. The van der Waals surface area contributed by atoms with Crippen molar-refractivity contribution in [2.24, 2.45) is 0 Å². The first-order valence-electron chi connectivity index (χ1n) is 15.2. The van der Waals surface area contributed by atoms with E-state index in [-0.39, 0.29) is 44.8 Å². The van der Waals surface area contributed by atoms with Crippen molar-refractivity contribution >= 4 is 27.9 Å². The third kappa shape index (κ3) is 6.01. The van der Waals surface area contributed by atoms with Gasteiger partial charge in [0, 0.05) is 41.8 Å². The Hall–Kier alpha value is -6.55. The number of aliphatic hydroxyl groups is 2. The molecule has 0 spiro atoms. The highest BCUT2D eigenvalue weighted by atomic mass is 16.7. The van der Waals surface area contributed by atoms with Gasteiger partial charge in [-0.15, -0.1) is 0 Å². The molecule has 4 aromatic carbocycles. The molecule has 0 aliphatic carbocycles. The Bertz CT molecular complexity index is 2450. The van der Waals surface area contributed by atoms with Crippen LogP contribution in [0.1, 0.15) is 6.42 Å². The molecule has 3 heterocycles. The van der Waals surface area contributed by atoms with E-state index in [2.05, 4.69) is 0 Å². The first-order chi connectivity index (χ1) is 24.4. The van der Waals surface area contributed by atoms with Crippen LogP contribution in [0.5, 0.6) is 40.2 Å². The van der Waals surface area contributed by atoms with Crippen LogP contribution in [0, 0.1) is 0 Å². The summed E-state index contributed by atoms with van der Waals surface area (Å²) in [6, 6.07) is 18.5. The minimum absolute atomic E-state index is 0.0504. The van der Waals surface area contributed by atoms with E-state index in [4.69, 9.17) is 23.0 Å². The van der Waals surface area contributed by atoms with Gasteiger partial charge in [0.2, 0.25) is 17.8 Å². The molecule has 1 saturated heterocycles. The predicted octanol–water partition coefficient (Wildman–Crippen LogP) is 3.58. The average Bonchev–Trinajstić information content (AvgIpc) is 3.10. The van der Waals surface area contributed by atoms with E-state index in [0.29, 0.717) is 5.56 Å². The second kappa shape index (κ2) is 12.7. The van der Waals surface area contributed by atoms with Crippen molar-refractivity contribution in [3.05, 3.63) is 99.3 Å². The van der Waals surface area contributed by atoms with Crippen LogP contribution in [0.3, 0.4) is 0 Å². The Morgan fingerprint density at radius 1 is 0.667 bits per heavy atom. The number of fused-ring (bicyclic) bond motifs is 2. The van der Waals surface area contributed by atoms with Crippen LogP contribution in [-0.4, -0.2) is 66.3 Å². The van der Waals surface area contributed by atoms with Gasteiger partial charge in [0.15, 0.2) is 40.0 Å². The van der Waals surface area contributed by atoms with Gasteiger partial charge in [0.1, 0.15) is 45.3 Å². The molecule has 15 nitrogen and oxygen atoms in total. The summed E-state index contributed by atoms with van der Waals surface area (Å²) in [6.07, 6.45) is -6.96. The summed E-state index contributed by atoms with van der Waals surface area (Å²) >= 11 is 0. The van der Waals surface area contributed by atoms with Gasteiger partial charge in [-0.25, -0.2) is 4.79 Å². The number of ether oxygens (including phenoxy) is 3. The third-order valence-corrected chi connectivity index (χ3v) is 8.18. The number of phenolic OH excluding ortho intramolecular Hbond substituents is 5. The molecule has 0 bridgehead atoms. The van der Waals surface area contributed by atoms with E-state index >= 15 is 0 Å². The lowest BCUT2D eigenvalue weighted by Crippen LogP contribution is -2.53. The van der Waals surface area contributed by atoms with Crippen LogP contribution in [0.15, 0.2) is 97.3 Å². The van der Waals surface area contributed by atoms with Gasteiger partial charge in [-0.2, -0.15) is 0 Å². The number of aromatic hydroxyl groups is 5. The van der Waals surface area contributed by atoms with Gasteiger partial charge in [-0.05, 0) is 12.1 Å². The number of hydrogen-bond acceptors (Lipinski definition) is 15. The lowest BCUT2D eigenvalue weighted by molar-refractivity contribution is -0.236. The molecular weight excluding hydrogens is 672 g/mol. The molecule has 1 aliphatic rings. The van der Waals surface area contributed by atoms with Crippen LogP contribution in [0.2, 0.25) is 0 Å². The number of esters is 1. The summed E-state index contributed by atoms with van der Waals surface area (Å²) in [5.41, 5.74) is -1.01. The SMILES string of the molecule is O=C(Oc1cccc(-c2cc(=O)c3c(O)c(O)c(O)cc3o2)c1)[C@H]1O[C@@H](Oc2cc3oc(-c4ccccc4)cc(=O)c3c(O)c2O)[C@H](O)C[C@@H]1O. The second-order valence-electron chi connectivity index (χ2n) is 11.6. The normalized spacial score (nSPS) is 18.9. The van der Waals surface area contributed by atoms with Gasteiger partial charge in [-0.3, -0.25) is 9.59 Å². The van der Waals surface area contributed by atoms with E-state index in [1.54, 1.807) is 30.3 Å². The molecule has 15 heteroatoms. The molecule has 6 aromatic rings. The molecule has 260 valence electrons. The zero-order chi connectivity index (χ0) is 36.1. The lowest BCUT2D eigenvalue weighted by atomic mass is 10.0. The number of rotatable bonds is 6. The zero-order valence-electron chi connectivity index (χ0n) is 25.9. The van der Waals surface area contributed by atoms with Crippen LogP contribution in [0.25, 0.3) is 44.6 Å². The Morgan fingerprint density at radius 3 is 1.96 bits per heavy atom. The van der Waals surface area contributed by atoms with Crippen molar-refractivity contribution in [2.75, 3.05) is 0 Å². The highest BCUT2D eigenvalue weighted by Gasteiger charge is 2.43. The molecule has 0 unspecified atom stereocenters. The van der Waals surface area contributed by atoms with Crippen LogP contribution < -0.4 is 20.3 Å². The molecular formula is C36H26O15. The highest BCUT2D eigenvalue weighted by Crippen LogP contribution is 2.43. The maximum Gasteiger partial charge on any atom is 0.343 e. The van der Waals surface area contributed by atoms with Crippen molar-refractivity contribution in [1.29, 1.82) is 0 Å². The summed E-state index contributed by atoms with van der Waals surface area (Å²) in [7, 11) is 0. The van der Waals surface area contributed by atoms with Crippen LogP contribution >= 0.6 is 0 Å².